The summed E-state index contributed by atoms with van der Waals surface area (Å²) >= 11 is 0. The minimum absolute atomic E-state index is 0.173. The third-order valence-electron chi connectivity index (χ3n) is 4.49. The van der Waals surface area contributed by atoms with Crippen molar-refractivity contribution in [3.63, 3.8) is 0 Å². The molecule has 22 heavy (non-hydrogen) atoms. The Labute approximate surface area is 134 Å². The summed E-state index contributed by atoms with van der Waals surface area (Å²) in [7, 11) is 1.68. The standard InChI is InChI=1S/C18H30N2O2/c1-5-10-22-16-11-14(6-7-15(16)21-4)12-20-9-8-17(19)18(2,3)13-20/h6-7,11,17H,5,8-10,12-13,19H2,1-4H3. The number of hydrogen-bond donors (Lipinski definition) is 1. The molecule has 0 spiro atoms. The molecule has 1 saturated heterocycles. The second-order valence-electron chi connectivity index (χ2n) is 6.93. The largest absolute Gasteiger partial charge is 0.493 e. The Morgan fingerprint density at radius 2 is 2.09 bits per heavy atom. The minimum atomic E-state index is 0.173. The summed E-state index contributed by atoms with van der Waals surface area (Å²) in [6.07, 6.45) is 2.05. The van der Waals surface area contributed by atoms with Crippen LogP contribution in [0.1, 0.15) is 39.2 Å². The molecule has 1 aromatic carbocycles. The van der Waals surface area contributed by atoms with Crippen molar-refractivity contribution in [2.24, 2.45) is 11.1 Å². The summed E-state index contributed by atoms with van der Waals surface area (Å²) in [5.41, 5.74) is 7.66. The van der Waals surface area contributed by atoms with E-state index in [1.165, 1.54) is 5.56 Å². The van der Waals surface area contributed by atoms with Crippen molar-refractivity contribution in [1.82, 2.24) is 4.90 Å². The maximum atomic E-state index is 6.22. The van der Waals surface area contributed by atoms with E-state index in [-0.39, 0.29) is 5.41 Å². The van der Waals surface area contributed by atoms with Gasteiger partial charge >= 0.3 is 0 Å². The van der Waals surface area contributed by atoms with Crippen molar-refractivity contribution in [3.05, 3.63) is 23.8 Å². The number of piperidine rings is 1. The molecule has 1 atom stereocenters. The zero-order chi connectivity index (χ0) is 16.2. The number of hydrogen-bond acceptors (Lipinski definition) is 4. The van der Waals surface area contributed by atoms with Crippen LogP contribution in [0.3, 0.4) is 0 Å². The molecule has 0 aliphatic carbocycles. The minimum Gasteiger partial charge on any atom is -0.493 e. The summed E-state index contributed by atoms with van der Waals surface area (Å²) < 4.78 is 11.2. The molecule has 1 aliphatic rings. The molecule has 1 heterocycles. The molecule has 124 valence electrons. The quantitative estimate of drug-likeness (QED) is 0.877. The SMILES string of the molecule is CCCOc1cc(CN2CCC(N)C(C)(C)C2)ccc1OC. The fourth-order valence-corrected chi connectivity index (χ4v) is 3.02. The summed E-state index contributed by atoms with van der Waals surface area (Å²) in [4.78, 5) is 2.48. The number of ether oxygens (including phenoxy) is 2. The van der Waals surface area contributed by atoms with Crippen LogP contribution in [0.4, 0.5) is 0 Å². The molecule has 0 radical (unpaired) electrons. The predicted octanol–water partition coefficient (Wildman–Crippen LogP) is 3.04. The van der Waals surface area contributed by atoms with Gasteiger partial charge in [0.1, 0.15) is 0 Å². The monoisotopic (exact) mass is 306 g/mol. The zero-order valence-electron chi connectivity index (χ0n) is 14.4. The fraction of sp³-hybridized carbons (Fsp3) is 0.667. The maximum absolute atomic E-state index is 6.22. The molecule has 1 unspecified atom stereocenters. The van der Waals surface area contributed by atoms with Crippen LogP contribution in [0.25, 0.3) is 0 Å². The van der Waals surface area contributed by atoms with Crippen LogP contribution in [0.15, 0.2) is 18.2 Å². The Hall–Kier alpha value is -1.26. The molecule has 0 amide bonds. The van der Waals surface area contributed by atoms with Crippen molar-refractivity contribution in [2.45, 2.75) is 46.2 Å². The Morgan fingerprint density at radius 1 is 1.32 bits per heavy atom. The Kier molecular flexibility index (Phi) is 5.70. The molecule has 0 saturated carbocycles. The van der Waals surface area contributed by atoms with E-state index in [1.54, 1.807) is 7.11 Å². The Bertz CT molecular complexity index is 488. The van der Waals surface area contributed by atoms with Crippen LogP contribution >= 0.6 is 0 Å². The third kappa shape index (κ3) is 4.14. The van der Waals surface area contributed by atoms with Gasteiger partial charge in [-0.25, -0.2) is 0 Å². The highest BCUT2D eigenvalue weighted by Crippen LogP contribution is 2.31. The van der Waals surface area contributed by atoms with E-state index in [1.807, 2.05) is 6.07 Å². The molecule has 0 bridgehead atoms. The van der Waals surface area contributed by atoms with Gasteiger partial charge in [-0.2, -0.15) is 0 Å². The third-order valence-corrected chi connectivity index (χ3v) is 4.49. The highest BCUT2D eigenvalue weighted by atomic mass is 16.5. The van der Waals surface area contributed by atoms with Gasteiger partial charge in [0.25, 0.3) is 0 Å². The van der Waals surface area contributed by atoms with E-state index in [0.29, 0.717) is 12.6 Å². The lowest BCUT2D eigenvalue weighted by Gasteiger charge is -2.42. The zero-order valence-corrected chi connectivity index (χ0v) is 14.4. The summed E-state index contributed by atoms with van der Waals surface area (Å²) in [5.74, 6) is 1.65. The van der Waals surface area contributed by atoms with Gasteiger partial charge in [-0.1, -0.05) is 26.8 Å². The van der Waals surface area contributed by atoms with Crippen LogP contribution in [0.2, 0.25) is 0 Å². The lowest BCUT2D eigenvalue weighted by atomic mass is 9.79. The van der Waals surface area contributed by atoms with Gasteiger partial charge in [0.2, 0.25) is 0 Å². The van der Waals surface area contributed by atoms with Gasteiger partial charge < -0.3 is 15.2 Å². The van der Waals surface area contributed by atoms with Crippen molar-refractivity contribution >= 4 is 0 Å². The van der Waals surface area contributed by atoms with E-state index in [2.05, 4.69) is 37.8 Å². The van der Waals surface area contributed by atoms with Crippen LogP contribution in [0, 0.1) is 5.41 Å². The number of benzene rings is 1. The fourth-order valence-electron chi connectivity index (χ4n) is 3.02. The molecule has 4 nitrogen and oxygen atoms in total. The molecule has 2 N–H and O–H groups in total. The highest BCUT2D eigenvalue weighted by Gasteiger charge is 2.33. The van der Waals surface area contributed by atoms with Crippen molar-refractivity contribution in [3.8, 4) is 11.5 Å². The average molecular weight is 306 g/mol. The predicted molar refractivity (Wildman–Crippen MR) is 90.4 cm³/mol. The van der Waals surface area contributed by atoms with Crippen LogP contribution < -0.4 is 15.2 Å². The number of methoxy groups -OCH3 is 1. The Balaban J connectivity index is 2.06. The summed E-state index contributed by atoms with van der Waals surface area (Å²) in [6.45, 7) is 10.4. The smallest absolute Gasteiger partial charge is 0.161 e. The first-order valence-corrected chi connectivity index (χ1v) is 8.24. The molecule has 2 rings (SSSR count). The summed E-state index contributed by atoms with van der Waals surface area (Å²) in [6, 6.07) is 6.53. The van der Waals surface area contributed by atoms with E-state index < -0.39 is 0 Å². The molecule has 0 aromatic heterocycles. The lowest BCUT2D eigenvalue weighted by molar-refractivity contribution is 0.0898. The molecule has 4 heteroatoms. The van der Waals surface area contributed by atoms with Crippen molar-refractivity contribution in [1.29, 1.82) is 0 Å². The normalized spacial score (nSPS) is 21.6. The van der Waals surface area contributed by atoms with Gasteiger partial charge in [0, 0.05) is 25.7 Å². The van der Waals surface area contributed by atoms with E-state index in [9.17, 15) is 0 Å². The molecule has 1 fully saturated rings. The first-order valence-electron chi connectivity index (χ1n) is 8.24. The number of nitrogens with zero attached hydrogens (tertiary/aromatic N) is 1. The topological polar surface area (TPSA) is 47.7 Å². The van der Waals surface area contributed by atoms with Crippen LogP contribution in [-0.4, -0.2) is 37.7 Å². The molecular formula is C18H30N2O2. The summed E-state index contributed by atoms with van der Waals surface area (Å²) in [5, 5.41) is 0. The van der Waals surface area contributed by atoms with Crippen LogP contribution in [0.5, 0.6) is 11.5 Å². The molecule has 1 aliphatic heterocycles. The van der Waals surface area contributed by atoms with Crippen molar-refractivity contribution < 1.29 is 9.47 Å². The number of rotatable bonds is 6. The van der Waals surface area contributed by atoms with Gasteiger partial charge in [-0.3, -0.25) is 4.90 Å². The van der Waals surface area contributed by atoms with E-state index in [0.717, 1.165) is 44.0 Å². The molecule has 1 aromatic rings. The lowest BCUT2D eigenvalue weighted by Crippen LogP contribution is -2.52. The van der Waals surface area contributed by atoms with Crippen LogP contribution in [-0.2, 0) is 6.54 Å². The second-order valence-corrected chi connectivity index (χ2v) is 6.93. The second kappa shape index (κ2) is 7.34. The first kappa shape index (κ1) is 17.1. The first-order chi connectivity index (χ1) is 10.5. The van der Waals surface area contributed by atoms with Crippen molar-refractivity contribution in [2.75, 3.05) is 26.8 Å². The maximum Gasteiger partial charge on any atom is 0.161 e. The number of likely N-dealkylation sites (tertiary alicyclic amines) is 1. The number of nitrogens with two attached hydrogens (primary N) is 1. The van der Waals surface area contributed by atoms with Gasteiger partial charge in [0.15, 0.2) is 11.5 Å². The Morgan fingerprint density at radius 3 is 2.73 bits per heavy atom. The highest BCUT2D eigenvalue weighted by molar-refractivity contribution is 5.43. The van der Waals surface area contributed by atoms with Gasteiger partial charge in [0.05, 0.1) is 13.7 Å². The van der Waals surface area contributed by atoms with E-state index in [4.69, 9.17) is 15.2 Å². The van der Waals surface area contributed by atoms with Gasteiger partial charge in [-0.15, -0.1) is 0 Å². The molecular weight excluding hydrogens is 276 g/mol. The average Bonchev–Trinajstić information content (AvgIpc) is 2.49. The van der Waals surface area contributed by atoms with Gasteiger partial charge in [-0.05, 0) is 36.0 Å². The van der Waals surface area contributed by atoms with E-state index >= 15 is 0 Å².